The molecule has 0 fully saturated rings. The first-order chi connectivity index (χ1) is 12.5. The van der Waals surface area contributed by atoms with Crippen LogP contribution in [0.15, 0.2) is 18.2 Å². The second-order valence-corrected chi connectivity index (χ2v) is 6.48. The number of rotatable bonds is 4. The number of nitrogen functional groups attached to an aromatic ring is 1. The minimum Gasteiger partial charge on any atom is -0.503 e. The Bertz CT molecular complexity index is 843. The number of hydrogen-bond acceptors (Lipinski definition) is 7. The lowest BCUT2D eigenvalue weighted by molar-refractivity contribution is -0.385. The number of benzene rings is 2. The molecule has 8 nitrogen and oxygen atoms in total. The average Bonchev–Trinajstić information content (AvgIpc) is 2.59. The van der Waals surface area contributed by atoms with Gasteiger partial charge in [0, 0.05) is 16.7 Å². The number of anilines is 1. The van der Waals surface area contributed by atoms with Crippen LogP contribution in [-0.2, 0) is 0 Å². The van der Waals surface area contributed by atoms with Crippen molar-refractivity contribution in [2.75, 3.05) is 20.0 Å². The van der Waals surface area contributed by atoms with E-state index in [1.54, 1.807) is 0 Å². The highest BCUT2D eigenvalue weighted by atomic mass is 35.5. The molecule has 0 amide bonds. The molecule has 27 heavy (non-hydrogen) atoms. The molecule has 0 heterocycles. The highest BCUT2D eigenvalue weighted by molar-refractivity contribution is 6.32. The molecule has 0 aromatic heterocycles. The molecule has 0 aliphatic rings. The van der Waals surface area contributed by atoms with Crippen molar-refractivity contribution in [2.45, 2.75) is 19.8 Å². The molecule has 2 aromatic carbocycles. The predicted molar refractivity (Wildman–Crippen MR) is 104 cm³/mol. The average molecular weight is 419 g/mol. The summed E-state index contributed by atoms with van der Waals surface area (Å²) in [4.78, 5) is 9.89. The van der Waals surface area contributed by atoms with Gasteiger partial charge >= 0.3 is 5.69 Å². The van der Waals surface area contributed by atoms with E-state index in [9.17, 15) is 20.3 Å². The summed E-state index contributed by atoms with van der Waals surface area (Å²) in [7, 11) is 2.83. The first-order valence-electron chi connectivity index (χ1n) is 7.60. The number of nitro benzene ring substituents is 1. The molecule has 0 aliphatic carbocycles. The summed E-state index contributed by atoms with van der Waals surface area (Å²) in [6.07, 6.45) is 0. The quantitative estimate of drug-likeness (QED) is 0.283. The standard InChI is InChI=1S/C9H10ClNO3.C8H10ClNO3/c1-5(2)7-3-6(10)4-8(9(7)12)11(13)14;1-12-7-4(9)3-5(10)6(11)8(7)13-2/h3-5,12H,1-2H3;3,11H,10H2,1-2H3. The third-order valence-corrected chi connectivity index (χ3v) is 4.00. The second-order valence-electron chi connectivity index (χ2n) is 5.64. The van der Waals surface area contributed by atoms with E-state index in [0.717, 1.165) is 6.07 Å². The third-order valence-electron chi connectivity index (χ3n) is 3.50. The molecule has 0 saturated carbocycles. The van der Waals surface area contributed by atoms with E-state index < -0.39 is 4.92 Å². The summed E-state index contributed by atoms with van der Waals surface area (Å²) in [6.45, 7) is 3.66. The van der Waals surface area contributed by atoms with Crippen LogP contribution >= 0.6 is 23.2 Å². The van der Waals surface area contributed by atoms with Gasteiger partial charge in [0.25, 0.3) is 0 Å². The Morgan fingerprint density at radius 2 is 1.63 bits per heavy atom. The minimum absolute atomic E-state index is 0.00704. The number of phenolic OH excluding ortho intramolecular Hbond substituents is 2. The van der Waals surface area contributed by atoms with Gasteiger partial charge in [0.15, 0.2) is 17.2 Å². The van der Waals surface area contributed by atoms with Crippen LogP contribution in [0.1, 0.15) is 25.3 Å². The maximum atomic E-state index is 10.5. The molecule has 148 valence electrons. The number of nitrogens with two attached hydrogens (primary N) is 1. The van der Waals surface area contributed by atoms with Crippen LogP contribution in [0.25, 0.3) is 0 Å². The zero-order valence-corrected chi connectivity index (χ0v) is 16.6. The van der Waals surface area contributed by atoms with E-state index in [1.165, 1.54) is 26.4 Å². The van der Waals surface area contributed by atoms with Crippen LogP contribution < -0.4 is 15.2 Å². The number of aromatic hydroxyl groups is 2. The van der Waals surface area contributed by atoms with Crippen LogP contribution in [0.3, 0.4) is 0 Å². The molecule has 0 atom stereocenters. The SMILES string of the molecule is CC(C)c1cc(Cl)cc([N+](=O)[O-])c1O.COc1c(Cl)cc(N)c(O)c1OC. The van der Waals surface area contributed by atoms with Gasteiger partial charge in [-0.1, -0.05) is 37.0 Å². The topological polar surface area (TPSA) is 128 Å². The van der Waals surface area contributed by atoms with Gasteiger partial charge in [-0.25, -0.2) is 0 Å². The van der Waals surface area contributed by atoms with Crippen molar-refractivity contribution in [3.05, 3.63) is 43.9 Å². The zero-order valence-electron chi connectivity index (χ0n) is 15.1. The van der Waals surface area contributed by atoms with Gasteiger partial charge in [0.05, 0.1) is 29.9 Å². The number of nitro groups is 1. The van der Waals surface area contributed by atoms with Crippen LogP contribution in [0.4, 0.5) is 11.4 Å². The third kappa shape index (κ3) is 5.21. The van der Waals surface area contributed by atoms with Gasteiger partial charge < -0.3 is 25.4 Å². The van der Waals surface area contributed by atoms with Gasteiger partial charge in [-0.3, -0.25) is 10.1 Å². The monoisotopic (exact) mass is 418 g/mol. The summed E-state index contributed by atoms with van der Waals surface area (Å²) < 4.78 is 9.82. The lowest BCUT2D eigenvalue weighted by atomic mass is 10.0. The molecule has 0 spiro atoms. The number of phenols is 2. The van der Waals surface area contributed by atoms with Crippen LogP contribution in [0.2, 0.25) is 10.0 Å². The highest BCUT2D eigenvalue weighted by Crippen LogP contribution is 2.45. The van der Waals surface area contributed by atoms with Gasteiger partial charge in [-0.15, -0.1) is 0 Å². The van der Waals surface area contributed by atoms with Crippen molar-refractivity contribution in [3.63, 3.8) is 0 Å². The first kappa shape index (κ1) is 22.5. The zero-order chi connectivity index (χ0) is 20.9. The van der Waals surface area contributed by atoms with Gasteiger partial charge in [0.1, 0.15) is 0 Å². The fourth-order valence-electron chi connectivity index (χ4n) is 2.18. The van der Waals surface area contributed by atoms with Crippen LogP contribution in [-0.4, -0.2) is 29.4 Å². The molecule has 0 saturated heterocycles. The van der Waals surface area contributed by atoms with Crippen molar-refractivity contribution in [3.8, 4) is 23.0 Å². The minimum atomic E-state index is -0.646. The number of methoxy groups -OCH3 is 2. The Morgan fingerprint density at radius 3 is 2.07 bits per heavy atom. The lowest BCUT2D eigenvalue weighted by Crippen LogP contribution is -1.95. The Kier molecular flexibility index (Phi) is 7.81. The summed E-state index contributed by atoms with van der Waals surface area (Å²) in [5, 5.41) is 30.1. The Morgan fingerprint density at radius 1 is 1.07 bits per heavy atom. The smallest absolute Gasteiger partial charge is 0.312 e. The maximum Gasteiger partial charge on any atom is 0.312 e. The molecule has 0 radical (unpaired) electrons. The van der Waals surface area contributed by atoms with E-state index in [0.29, 0.717) is 10.6 Å². The Labute approximate surface area is 166 Å². The van der Waals surface area contributed by atoms with E-state index >= 15 is 0 Å². The Balaban J connectivity index is 0.000000271. The van der Waals surface area contributed by atoms with E-state index in [4.69, 9.17) is 38.4 Å². The molecule has 10 heteroatoms. The molecule has 2 rings (SSSR count). The van der Waals surface area contributed by atoms with Crippen LogP contribution in [0, 0.1) is 10.1 Å². The molecule has 2 aromatic rings. The fourth-order valence-corrected chi connectivity index (χ4v) is 2.68. The van der Waals surface area contributed by atoms with Gasteiger partial charge in [0.2, 0.25) is 5.75 Å². The molecule has 0 unspecified atom stereocenters. The second kappa shape index (κ2) is 9.38. The Hall–Kier alpha value is -2.58. The molecule has 4 N–H and O–H groups in total. The van der Waals surface area contributed by atoms with Crippen molar-refractivity contribution >= 4 is 34.6 Å². The number of ether oxygens (including phenoxy) is 2. The summed E-state index contributed by atoms with van der Waals surface area (Å²) >= 11 is 11.5. The molecular formula is C17H20Cl2N2O6. The van der Waals surface area contributed by atoms with Crippen molar-refractivity contribution in [1.82, 2.24) is 0 Å². The van der Waals surface area contributed by atoms with Crippen molar-refractivity contribution < 1.29 is 24.6 Å². The molecule has 0 aliphatic heterocycles. The van der Waals surface area contributed by atoms with Crippen LogP contribution in [0.5, 0.6) is 23.0 Å². The predicted octanol–water partition coefficient (Wildman–Crippen LogP) is 4.72. The summed E-state index contributed by atoms with van der Waals surface area (Å²) in [6, 6.07) is 4.08. The van der Waals surface area contributed by atoms with E-state index in [-0.39, 0.29) is 45.3 Å². The number of nitrogens with zero attached hydrogens (tertiary/aromatic N) is 1. The van der Waals surface area contributed by atoms with E-state index in [1.807, 2.05) is 13.8 Å². The summed E-state index contributed by atoms with van der Waals surface area (Å²) in [5.41, 5.74) is 5.75. The van der Waals surface area contributed by atoms with Crippen molar-refractivity contribution in [1.29, 1.82) is 0 Å². The van der Waals surface area contributed by atoms with Gasteiger partial charge in [-0.2, -0.15) is 0 Å². The number of hydrogen-bond donors (Lipinski definition) is 3. The summed E-state index contributed by atoms with van der Waals surface area (Å²) in [5.74, 6) is -0.0473. The highest BCUT2D eigenvalue weighted by Gasteiger charge is 2.20. The van der Waals surface area contributed by atoms with E-state index in [2.05, 4.69) is 0 Å². The fraction of sp³-hybridized carbons (Fsp3) is 0.294. The molecule has 0 bridgehead atoms. The molecular weight excluding hydrogens is 399 g/mol. The largest absolute Gasteiger partial charge is 0.503 e. The number of halogens is 2. The first-order valence-corrected chi connectivity index (χ1v) is 8.36. The van der Waals surface area contributed by atoms with Crippen molar-refractivity contribution in [2.24, 2.45) is 0 Å². The van der Waals surface area contributed by atoms with Gasteiger partial charge in [-0.05, 0) is 18.1 Å². The normalized spacial score (nSPS) is 10.2. The lowest BCUT2D eigenvalue weighted by Gasteiger charge is -2.12. The maximum absolute atomic E-state index is 10.5.